The number of rotatable bonds is 6. The third-order valence-electron chi connectivity index (χ3n) is 4.09. The topological polar surface area (TPSA) is 66.0 Å². The third kappa shape index (κ3) is 3.85. The van der Waals surface area contributed by atoms with Crippen LogP contribution >= 0.6 is 0 Å². The molecule has 0 atom stereocenters. The van der Waals surface area contributed by atoms with E-state index in [0.29, 0.717) is 28.7 Å². The van der Waals surface area contributed by atoms with Crippen molar-refractivity contribution in [3.8, 4) is 23.0 Å². The molecule has 0 radical (unpaired) electrons. The summed E-state index contributed by atoms with van der Waals surface area (Å²) in [6.45, 7) is 3.91. The number of fused-ring (bicyclic) bond motifs is 1. The van der Waals surface area contributed by atoms with Gasteiger partial charge in [-0.05, 0) is 32.0 Å². The minimum atomic E-state index is -0.300. The molecule has 3 rings (SSSR count). The van der Waals surface area contributed by atoms with E-state index in [-0.39, 0.29) is 18.1 Å². The Morgan fingerprint density at radius 1 is 1.15 bits per heavy atom. The summed E-state index contributed by atoms with van der Waals surface area (Å²) in [6.07, 6.45) is 0.812. The van der Waals surface area contributed by atoms with Crippen LogP contribution in [0.5, 0.6) is 23.0 Å². The first-order valence-corrected chi connectivity index (χ1v) is 8.37. The molecule has 6 heteroatoms. The number of benzene rings is 2. The molecule has 1 amide bonds. The lowest BCUT2D eigenvalue weighted by Gasteiger charge is -2.18. The van der Waals surface area contributed by atoms with Crippen molar-refractivity contribution in [2.45, 2.75) is 25.9 Å². The van der Waals surface area contributed by atoms with Gasteiger partial charge >= 0.3 is 0 Å². The molecule has 26 heavy (non-hydrogen) atoms. The molecule has 138 valence electrons. The van der Waals surface area contributed by atoms with Crippen LogP contribution in [0.4, 0.5) is 5.69 Å². The Balaban J connectivity index is 1.67. The normalized spacial score (nSPS) is 14.2. The van der Waals surface area contributed by atoms with Crippen molar-refractivity contribution >= 4 is 11.6 Å². The number of anilines is 1. The molecule has 2 aromatic carbocycles. The SMILES string of the molecule is COc1ccc(OC)c(NC(=O)COc2cccc3c2OC(C)(C)C3)c1. The Kier molecular flexibility index (Phi) is 4.93. The number of methoxy groups -OCH3 is 2. The Labute approximate surface area is 153 Å². The van der Waals surface area contributed by atoms with E-state index in [4.69, 9.17) is 18.9 Å². The molecule has 0 aromatic heterocycles. The maximum absolute atomic E-state index is 12.3. The van der Waals surface area contributed by atoms with Gasteiger partial charge < -0.3 is 24.3 Å². The highest BCUT2D eigenvalue weighted by Gasteiger charge is 2.32. The summed E-state index contributed by atoms with van der Waals surface area (Å²) in [5.74, 6) is 2.15. The molecule has 1 N–H and O–H groups in total. The molecule has 6 nitrogen and oxygen atoms in total. The Morgan fingerprint density at radius 2 is 1.96 bits per heavy atom. The second-order valence-electron chi connectivity index (χ2n) is 6.69. The second-order valence-corrected chi connectivity index (χ2v) is 6.69. The van der Waals surface area contributed by atoms with Crippen LogP contribution in [0.2, 0.25) is 0 Å². The zero-order chi connectivity index (χ0) is 18.7. The van der Waals surface area contributed by atoms with E-state index < -0.39 is 0 Å². The van der Waals surface area contributed by atoms with Crippen LogP contribution in [-0.4, -0.2) is 32.3 Å². The van der Waals surface area contributed by atoms with Crippen molar-refractivity contribution in [2.24, 2.45) is 0 Å². The van der Waals surface area contributed by atoms with Crippen LogP contribution < -0.4 is 24.3 Å². The number of para-hydroxylation sites is 1. The molecule has 2 aromatic rings. The predicted octanol–water partition coefficient (Wildman–Crippen LogP) is 3.43. The quantitative estimate of drug-likeness (QED) is 0.858. The van der Waals surface area contributed by atoms with E-state index in [1.807, 2.05) is 26.0 Å². The van der Waals surface area contributed by atoms with Crippen LogP contribution in [0.3, 0.4) is 0 Å². The summed E-state index contributed by atoms with van der Waals surface area (Å²) < 4.78 is 22.1. The molecular formula is C20H23NO5. The average molecular weight is 357 g/mol. The van der Waals surface area contributed by atoms with Gasteiger partial charge in [0, 0.05) is 18.1 Å². The predicted molar refractivity (Wildman–Crippen MR) is 98.5 cm³/mol. The Morgan fingerprint density at radius 3 is 2.69 bits per heavy atom. The molecule has 0 spiro atoms. The van der Waals surface area contributed by atoms with E-state index in [1.54, 1.807) is 38.5 Å². The minimum absolute atomic E-state index is 0.138. The zero-order valence-electron chi connectivity index (χ0n) is 15.4. The largest absolute Gasteiger partial charge is 0.497 e. The highest BCUT2D eigenvalue weighted by Crippen LogP contribution is 2.41. The van der Waals surface area contributed by atoms with Gasteiger partial charge in [0.15, 0.2) is 18.1 Å². The number of ether oxygens (including phenoxy) is 4. The summed E-state index contributed by atoms with van der Waals surface area (Å²) in [4.78, 5) is 12.3. The van der Waals surface area contributed by atoms with Crippen molar-refractivity contribution in [3.63, 3.8) is 0 Å². The first-order valence-electron chi connectivity index (χ1n) is 8.37. The van der Waals surface area contributed by atoms with Crippen molar-refractivity contribution in [1.29, 1.82) is 0 Å². The van der Waals surface area contributed by atoms with Gasteiger partial charge in [0.1, 0.15) is 17.1 Å². The van der Waals surface area contributed by atoms with Crippen molar-refractivity contribution < 1.29 is 23.7 Å². The lowest BCUT2D eigenvalue weighted by Crippen LogP contribution is -2.25. The van der Waals surface area contributed by atoms with E-state index in [0.717, 1.165) is 12.0 Å². The van der Waals surface area contributed by atoms with Gasteiger partial charge in [0.2, 0.25) is 0 Å². The summed E-state index contributed by atoms with van der Waals surface area (Å²) in [5.41, 5.74) is 1.34. The number of carbonyl (C=O) groups excluding carboxylic acids is 1. The Hall–Kier alpha value is -2.89. The fraction of sp³-hybridized carbons (Fsp3) is 0.350. The Bertz CT molecular complexity index is 816. The maximum atomic E-state index is 12.3. The van der Waals surface area contributed by atoms with Crippen LogP contribution in [-0.2, 0) is 11.2 Å². The summed E-state index contributed by atoms with van der Waals surface area (Å²) >= 11 is 0. The smallest absolute Gasteiger partial charge is 0.262 e. The summed E-state index contributed by atoms with van der Waals surface area (Å²) in [7, 11) is 3.11. The molecule has 1 heterocycles. The van der Waals surface area contributed by atoms with Crippen LogP contribution in [0.1, 0.15) is 19.4 Å². The zero-order valence-corrected chi connectivity index (χ0v) is 15.4. The minimum Gasteiger partial charge on any atom is -0.497 e. The van der Waals surface area contributed by atoms with Gasteiger partial charge in [0.05, 0.1) is 19.9 Å². The van der Waals surface area contributed by atoms with Gasteiger partial charge in [0.25, 0.3) is 5.91 Å². The molecule has 0 aliphatic carbocycles. The monoisotopic (exact) mass is 357 g/mol. The van der Waals surface area contributed by atoms with Gasteiger partial charge in [-0.3, -0.25) is 4.79 Å². The first-order chi connectivity index (χ1) is 12.4. The standard InChI is InChI=1S/C20H23NO5/c1-20(2)11-13-6-5-7-17(19(13)26-20)25-12-18(22)21-15-10-14(23-3)8-9-16(15)24-4/h5-10H,11-12H2,1-4H3,(H,21,22). The number of nitrogens with one attached hydrogen (secondary N) is 1. The summed E-state index contributed by atoms with van der Waals surface area (Å²) in [6, 6.07) is 10.9. The maximum Gasteiger partial charge on any atom is 0.262 e. The van der Waals surface area contributed by atoms with E-state index in [1.165, 1.54) is 0 Å². The van der Waals surface area contributed by atoms with Crippen LogP contribution in [0.25, 0.3) is 0 Å². The molecule has 0 saturated heterocycles. The van der Waals surface area contributed by atoms with Gasteiger partial charge in [-0.15, -0.1) is 0 Å². The van der Waals surface area contributed by atoms with Gasteiger partial charge in [-0.25, -0.2) is 0 Å². The second kappa shape index (κ2) is 7.15. The third-order valence-corrected chi connectivity index (χ3v) is 4.09. The molecule has 0 saturated carbocycles. The number of hydrogen-bond donors (Lipinski definition) is 1. The van der Waals surface area contributed by atoms with Gasteiger partial charge in [-0.2, -0.15) is 0 Å². The lowest BCUT2D eigenvalue weighted by molar-refractivity contribution is -0.118. The summed E-state index contributed by atoms with van der Waals surface area (Å²) in [5, 5.41) is 2.78. The van der Waals surface area contributed by atoms with Crippen LogP contribution in [0, 0.1) is 0 Å². The molecule has 1 aliphatic heterocycles. The lowest BCUT2D eigenvalue weighted by atomic mass is 10.0. The van der Waals surface area contributed by atoms with E-state index >= 15 is 0 Å². The fourth-order valence-electron chi connectivity index (χ4n) is 2.94. The molecule has 0 fully saturated rings. The van der Waals surface area contributed by atoms with E-state index in [2.05, 4.69) is 5.32 Å². The van der Waals surface area contributed by atoms with Crippen molar-refractivity contribution in [2.75, 3.05) is 26.1 Å². The van der Waals surface area contributed by atoms with Gasteiger partial charge in [-0.1, -0.05) is 12.1 Å². The van der Waals surface area contributed by atoms with E-state index in [9.17, 15) is 4.79 Å². The van der Waals surface area contributed by atoms with Crippen molar-refractivity contribution in [3.05, 3.63) is 42.0 Å². The highest BCUT2D eigenvalue weighted by molar-refractivity contribution is 5.93. The molecule has 0 bridgehead atoms. The van der Waals surface area contributed by atoms with Crippen molar-refractivity contribution in [1.82, 2.24) is 0 Å². The average Bonchev–Trinajstić information content (AvgIpc) is 2.94. The number of carbonyl (C=O) groups is 1. The highest BCUT2D eigenvalue weighted by atomic mass is 16.5. The fourth-order valence-corrected chi connectivity index (χ4v) is 2.94. The number of hydrogen-bond acceptors (Lipinski definition) is 5. The molecular weight excluding hydrogens is 334 g/mol. The number of amides is 1. The first kappa shape index (κ1) is 17.9. The molecule has 0 unspecified atom stereocenters. The molecule has 1 aliphatic rings. The van der Waals surface area contributed by atoms with Crippen LogP contribution in [0.15, 0.2) is 36.4 Å².